The average molecular weight is 307 g/mol. The lowest BCUT2D eigenvalue weighted by Crippen LogP contribution is -2.12. The van der Waals surface area contributed by atoms with E-state index in [1.807, 2.05) is 11.4 Å². The lowest BCUT2D eigenvalue weighted by atomic mass is 10.1. The summed E-state index contributed by atoms with van der Waals surface area (Å²) in [5, 5.41) is 11.5. The van der Waals surface area contributed by atoms with Crippen molar-refractivity contribution in [1.82, 2.24) is 4.98 Å². The highest BCUT2D eigenvalue weighted by Gasteiger charge is 2.27. The standard InChI is InChI=1S/C14H13NO5S/c16-11(17)8-20-10-3-1-2-9(13-15-4-7-21-13)12(10)14-18-5-6-19-14/h1-4,7,14H,5-6,8H2,(H,16,17). The summed E-state index contributed by atoms with van der Waals surface area (Å²) in [4.78, 5) is 15.0. The molecule has 7 heteroatoms. The maximum Gasteiger partial charge on any atom is 0.341 e. The molecule has 1 fully saturated rings. The molecule has 0 amide bonds. The quantitative estimate of drug-likeness (QED) is 0.913. The molecular formula is C14H13NO5S. The van der Waals surface area contributed by atoms with Gasteiger partial charge in [0.2, 0.25) is 0 Å². The van der Waals surface area contributed by atoms with Gasteiger partial charge in [0.1, 0.15) is 10.8 Å². The number of hydrogen-bond acceptors (Lipinski definition) is 6. The zero-order chi connectivity index (χ0) is 14.7. The fourth-order valence-electron chi connectivity index (χ4n) is 2.12. The summed E-state index contributed by atoms with van der Waals surface area (Å²) in [6.07, 6.45) is 1.15. The van der Waals surface area contributed by atoms with E-state index >= 15 is 0 Å². The van der Waals surface area contributed by atoms with Crippen LogP contribution in [0.5, 0.6) is 5.75 Å². The largest absolute Gasteiger partial charge is 0.481 e. The van der Waals surface area contributed by atoms with Crippen molar-refractivity contribution >= 4 is 17.3 Å². The van der Waals surface area contributed by atoms with E-state index in [1.54, 1.807) is 18.3 Å². The molecule has 0 radical (unpaired) electrons. The van der Waals surface area contributed by atoms with Crippen molar-refractivity contribution in [2.45, 2.75) is 6.29 Å². The number of carbonyl (C=O) groups is 1. The van der Waals surface area contributed by atoms with Crippen LogP contribution in [0.4, 0.5) is 0 Å². The van der Waals surface area contributed by atoms with Gasteiger partial charge in [0.25, 0.3) is 0 Å². The number of aromatic nitrogens is 1. The van der Waals surface area contributed by atoms with E-state index in [9.17, 15) is 4.79 Å². The number of ether oxygens (including phenoxy) is 3. The van der Waals surface area contributed by atoms with E-state index in [2.05, 4.69) is 4.98 Å². The second-order valence-corrected chi connectivity index (χ2v) is 5.21. The average Bonchev–Trinajstić information content (AvgIpc) is 3.17. The topological polar surface area (TPSA) is 77.9 Å². The number of aliphatic carboxylic acids is 1. The molecule has 110 valence electrons. The van der Waals surface area contributed by atoms with E-state index in [4.69, 9.17) is 19.3 Å². The van der Waals surface area contributed by atoms with E-state index in [1.165, 1.54) is 11.3 Å². The molecule has 1 aromatic carbocycles. The Morgan fingerprint density at radius 3 is 2.90 bits per heavy atom. The first-order valence-electron chi connectivity index (χ1n) is 6.36. The van der Waals surface area contributed by atoms with Gasteiger partial charge in [-0.2, -0.15) is 0 Å². The summed E-state index contributed by atoms with van der Waals surface area (Å²) in [7, 11) is 0. The van der Waals surface area contributed by atoms with Crippen LogP contribution in [0, 0.1) is 0 Å². The van der Waals surface area contributed by atoms with Crippen LogP contribution >= 0.6 is 11.3 Å². The monoisotopic (exact) mass is 307 g/mol. The summed E-state index contributed by atoms with van der Waals surface area (Å²) < 4.78 is 16.5. The van der Waals surface area contributed by atoms with Crippen molar-refractivity contribution in [1.29, 1.82) is 0 Å². The molecule has 1 aliphatic rings. The Kier molecular flexibility index (Phi) is 4.14. The summed E-state index contributed by atoms with van der Waals surface area (Å²) in [5.41, 5.74) is 1.52. The molecule has 1 aliphatic heterocycles. The van der Waals surface area contributed by atoms with Gasteiger partial charge in [-0.1, -0.05) is 12.1 Å². The Labute approximate surface area is 124 Å². The predicted molar refractivity (Wildman–Crippen MR) is 75.3 cm³/mol. The Morgan fingerprint density at radius 2 is 2.24 bits per heavy atom. The Morgan fingerprint density at radius 1 is 1.43 bits per heavy atom. The van der Waals surface area contributed by atoms with Crippen LogP contribution in [-0.2, 0) is 14.3 Å². The van der Waals surface area contributed by atoms with Gasteiger partial charge in [-0.25, -0.2) is 9.78 Å². The molecular weight excluding hydrogens is 294 g/mol. The predicted octanol–water partition coefficient (Wildman–Crippen LogP) is 2.32. The van der Waals surface area contributed by atoms with Crippen LogP contribution in [0.2, 0.25) is 0 Å². The molecule has 3 rings (SSSR count). The van der Waals surface area contributed by atoms with Crippen molar-refractivity contribution in [3.63, 3.8) is 0 Å². The van der Waals surface area contributed by atoms with E-state index in [0.717, 1.165) is 10.6 Å². The van der Waals surface area contributed by atoms with Crippen LogP contribution < -0.4 is 4.74 Å². The summed E-state index contributed by atoms with van der Waals surface area (Å²) in [6, 6.07) is 5.40. The molecule has 1 aromatic heterocycles. The van der Waals surface area contributed by atoms with Gasteiger partial charge in [0, 0.05) is 17.1 Å². The molecule has 1 saturated heterocycles. The SMILES string of the molecule is O=C(O)COc1cccc(-c2nccs2)c1C1OCCO1. The van der Waals surface area contributed by atoms with Gasteiger partial charge >= 0.3 is 5.97 Å². The summed E-state index contributed by atoms with van der Waals surface area (Å²) in [6.45, 7) is 0.575. The molecule has 0 atom stereocenters. The van der Waals surface area contributed by atoms with Gasteiger partial charge in [-0.3, -0.25) is 0 Å². The van der Waals surface area contributed by atoms with Gasteiger partial charge in [0.15, 0.2) is 12.9 Å². The molecule has 2 aromatic rings. The van der Waals surface area contributed by atoms with Gasteiger partial charge in [0.05, 0.1) is 18.8 Å². The van der Waals surface area contributed by atoms with Gasteiger partial charge < -0.3 is 19.3 Å². The first-order valence-corrected chi connectivity index (χ1v) is 7.24. The second-order valence-electron chi connectivity index (χ2n) is 4.31. The van der Waals surface area contributed by atoms with Crippen molar-refractivity contribution in [3.8, 4) is 16.3 Å². The summed E-state index contributed by atoms with van der Waals surface area (Å²) in [5.74, 6) is -0.592. The van der Waals surface area contributed by atoms with Crippen molar-refractivity contribution in [2.75, 3.05) is 19.8 Å². The van der Waals surface area contributed by atoms with Crippen molar-refractivity contribution in [2.24, 2.45) is 0 Å². The zero-order valence-electron chi connectivity index (χ0n) is 11.0. The van der Waals surface area contributed by atoms with Crippen LogP contribution in [0.1, 0.15) is 11.9 Å². The molecule has 0 spiro atoms. The number of carboxylic acid groups (broad SMARTS) is 1. The maximum atomic E-state index is 10.7. The Bertz CT molecular complexity index is 622. The van der Waals surface area contributed by atoms with Gasteiger partial charge in [-0.05, 0) is 6.07 Å². The Balaban J connectivity index is 2.02. The van der Waals surface area contributed by atoms with Crippen LogP contribution in [-0.4, -0.2) is 35.9 Å². The lowest BCUT2D eigenvalue weighted by Gasteiger charge is -2.17. The van der Waals surface area contributed by atoms with E-state index in [0.29, 0.717) is 24.5 Å². The molecule has 0 saturated carbocycles. The third-order valence-electron chi connectivity index (χ3n) is 2.94. The first kappa shape index (κ1) is 14.0. The summed E-state index contributed by atoms with van der Waals surface area (Å²) >= 11 is 1.49. The van der Waals surface area contributed by atoms with Crippen molar-refractivity contribution in [3.05, 3.63) is 35.3 Å². The number of hydrogen-bond donors (Lipinski definition) is 1. The highest BCUT2D eigenvalue weighted by atomic mass is 32.1. The normalized spacial score (nSPS) is 15.2. The van der Waals surface area contributed by atoms with E-state index in [-0.39, 0.29) is 0 Å². The maximum absolute atomic E-state index is 10.7. The molecule has 21 heavy (non-hydrogen) atoms. The smallest absolute Gasteiger partial charge is 0.341 e. The lowest BCUT2D eigenvalue weighted by molar-refractivity contribution is -0.139. The molecule has 2 heterocycles. The second kappa shape index (κ2) is 6.21. The fraction of sp³-hybridized carbons (Fsp3) is 0.286. The molecule has 0 unspecified atom stereocenters. The van der Waals surface area contributed by atoms with Crippen LogP contribution in [0.25, 0.3) is 10.6 Å². The number of carboxylic acids is 1. The minimum absolute atomic E-state index is 0.416. The van der Waals surface area contributed by atoms with Crippen LogP contribution in [0.15, 0.2) is 29.8 Å². The van der Waals surface area contributed by atoms with Crippen molar-refractivity contribution < 1.29 is 24.1 Å². The first-order chi connectivity index (χ1) is 10.3. The third-order valence-corrected chi connectivity index (χ3v) is 3.74. The highest BCUT2D eigenvalue weighted by molar-refractivity contribution is 7.13. The molecule has 1 N–H and O–H groups in total. The van der Waals surface area contributed by atoms with E-state index < -0.39 is 18.9 Å². The molecule has 0 aliphatic carbocycles. The minimum atomic E-state index is -1.03. The Hall–Kier alpha value is -1.96. The zero-order valence-corrected chi connectivity index (χ0v) is 11.8. The van der Waals surface area contributed by atoms with Crippen LogP contribution in [0.3, 0.4) is 0 Å². The van der Waals surface area contributed by atoms with Gasteiger partial charge in [-0.15, -0.1) is 11.3 Å². The number of nitrogens with zero attached hydrogens (tertiary/aromatic N) is 1. The molecule has 0 bridgehead atoms. The third kappa shape index (κ3) is 3.05. The minimum Gasteiger partial charge on any atom is -0.481 e. The fourth-order valence-corrected chi connectivity index (χ4v) is 2.80. The number of rotatable bonds is 5. The molecule has 6 nitrogen and oxygen atoms in total. The number of thiazole rings is 1. The highest BCUT2D eigenvalue weighted by Crippen LogP contribution is 2.39. The number of benzene rings is 1.